The van der Waals surface area contributed by atoms with Crippen molar-refractivity contribution in [3.8, 4) is 23.0 Å². The van der Waals surface area contributed by atoms with Gasteiger partial charge in [-0.25, -0.2) is 8.42 Å². The van der Waals surface area contributed by atoms with Gasteiger partial charge in [0.05, 0.1) is 24.8 Å². The van der Waals surface area contributed by atoms with Crippen LogP contribution in [0.3, 0.4) is 0 Å². The predicted molar refractivity (Wildman–Crippen MR) is 147 cm³/mol. The van der Waals surface area contributed by atoms with Crippen molar-refractivity contribution in [1.82, 2.24) is 0 Å². The Hall–Kier alpha value is -4.50. The standard InChI is InChI=1S/C29H28N2O6S/c1-21-9-13-23(14-10-21)31(38(33,34)26-17-18-27(35-2)28(19-26)36-3)20-29(32)30-22-11-15-25(16-12-22)37-24-7-5-4-6-8-24/h4-19H,20H2,1-3H3,(H,30,32). The third-order valence-electron chi connectivity index (χ3n) is 5.67. The molecule has 0 fully saturated rings. The summed E-state index contributed by atoms with van der Waals surface area (Å²) in [7, 11) is -1.24. The lowest BCUT2D eigenvalue weighted by atomic mass is 10.2. The average molecular weight is 533 g/mol. The third-order valence-corrected chi connectivity index (χ3v) is 7.44. The largest absolute Gasteiger partial charge is 0.493 e. The van der Waals surface area contributed by atoms with E-state index in [1.807, 2.05) is 37.3 Å². The molecular weight excluding hydrogens is 504 g/mol. The Bertz CT molecular complexity index is 1490. The van der Waals surface area contributed by atoms with E-state index >= 15 is 0 Å². The molecule has 1 amide bonds. The zero-order chi connectivity index (χ0) is 27.1. The van der Waals surface area contributed by atoms with Crippen molar-refractivity contribution in [2.75, 3.05) is 30.4 Å². The highest BCUT2D eigenvalue weighted by atomic mass is 32.2. The Kier molecular flexibility index (Phi) is 8.18. The minimum atomic E-state index is -4.14. The van der Waals surface area contributed by atoms with Crippen LogP contribution in [0, 0.1) is 6.92 Å². The summed E-state index contributed by atoms with van der Waals surface area (Å²) in [6.45, 7) is 1.46. The summed E-state index contributed by atoms with van der Waals surface area (Å²) in [4.78, 5) is 13.0. The summed E-state index contributed by atoms with van der Waals surface area (Å²) in [6.07, 6.45) is 0. The molecule has 0 unspecified atom stereocenters. The lowest BCUT2D eigenvalue weighted by molar-refractivity contribution is -0.114. The molecular formula is C29H28N2O6S. The minimum absolute atomic E-state index is 0.0362. The van der Waals surface area contributed by atoms with Gasteiger partial charge in [0.15, 0.2) is 11.5 Å². The van der Waals surface area contributed by atoms with Gasteiger partial charge in [-0.2, -0.15) is 0 Å². The summed E-state index contributed by atoms with van der Waals surface area (Å²) >= 11 is 0. The normalized spacial score (nSPS) is 10.9. The van der Waals surface area contributed by atoms with Crippen LogP contribution in [-0.4, -0.2) is 35.1 Å². The second-order valence-corrected chi connectivity index (χ2v) is 10.2. The summed E-state index contributed by atoms with van der Waals surface area (Å²) in [6, 6.07) is 27.4. The van der Waals surface area contributed by atoms with Crippen LogP contribution in [0.5, 0.6) is 23.0 Å². The van der Waals surface area contributed by atoms with Gasteiger partial charge in [-0.3, -0.25) is 9.10 Å². The first-order valence-electron chi connectivity index (χ1n) is 11.7. The van der Waals surface area contributed by atoms with Gasteiger partial charge in [-0.1, -0.05) is 35.9 Å². The Labute approximate surface area is 222 Å². The van der Waals surface area contributed by atoms with Crippen LogP contribution in [0.1, 0.15) is 5.56 Å². The van der Waals surface area contributed by atoms with E-state index in [1.165, 1.54) is 32.4 Å². The van der Waals surface area contributed by atoms with Crippen molar-refractivity contribution in [2.24, 2.45) is 0 Å². The molecule has 4 aromatic rings. The molecule has 8 nitrogen and oxygen atoms in total. The molecule has 38 heavy (non-hydrogen) atoms. The van der Waals surface area contributed by atoms with E-state index in [-0.39, 0.29) is 10.6 Å². The van der Waals surface area contributed by atoms with Crippen LogP contribution in [-0.2, 0) is 14.8 Å². The van der Waals surface area contributed by atoms with Crippen molar-refractivity contribution in [1.29, 1.82) is 0 Å². The number of carbonyl (C=O) groups excluding carboxylic acids is 1. The fourth-order valence-electron chi connectivity index (χ4n) is 3.69. The predicted octanol–water partition coefficient (Wildman–Crippen LogP) is 5.64. The number of carbonyl (C=O) groups is 1. The molecule has 0 radical (unpaired) electrons. The van der Waals surface area contributed by atoms with Crippen LogP contribution >= 0.6 is 0 Å². The number of ether oxygens (including phenoxy) is 3. The molecule has 0 atom stereocenters. The molecule has 0 aliphatic carbocycles. The molecule has 9 heteroatoms. The number of nitrogens with zero attached hydrogens (tertiary/aromatic N) is 1. The van der Waals surface area contributed by atoms with Crippen LogP contribution in [0.2, 0.25) is 0 Å². The van der Waals surface area contributed by atoms with Gasteiger partial charge in [-0.15, -0.1) is 0 Å². The molecule has 4 aromatic carbocycles. The SMILES string of the molecule is COc1ccc(S(=O)(=O)N(CC(=O)Nc2ccc(Oc3ccccc3)cc2)c2ccc(C)cc2)cc1OC. The van der Waals surface area contributed by atoms with Crippen LogP contribution in [0.25, 0.3) is 0 Å². The molecule has 0 aliphatic rings. The number of methoxy groups -OCH3 is 2. The number of para-hydroxylation sites is 1. The van der Waals surface area contributed by atoms with Gasteiger partial charge in [0, 0.05) is 11.8 Å². The topological polar surface area (TPSA) is 94.2 Å². The first-order chi connectivity index (χ1) is 18.3. The fourth-order valence-corrected chi connectivity index (χ4v) is 5.13. The number of amides is 1. The van der Waals surface area contributed by atoms with E-state index in [0.29, 0.717) is 28.6 Å². The Morgan fingerprint density at radius 2 is 1.42 bits per heavy atom. The second-order valence-electron chi connectivity index (χ2n) is 8.35. The highest BCUT2D eigenvalue weighted by molar-refractivity contribution is 7.92. The Morgan fingerprint density at radius 3 is 2.05 bits per heavy atom. The average Bonchev–Trinajstić information content (AvgIpc) is 2.93. The summed E-state index contributed by atoms with van der Waals surface area (Å²) in [5.74, 6) is 1.45. The van der Waals surface area contributed by atoms with E-state index in [9.17, 15) is 13.2 Å². The number of aryl methyl sites for hydroxylation is 1. The van der Waals surface area contributed by atoms with Gasteiger partial charge in [0.25, 0.3) is 10.0 Å². The van der Waals surface area contributed by atoms with Crippen LogP contribution < -0.4 is 23.8 Å². The maximum atomic E-state index is 13.7. The smallest absolute Gasteiger partial charge is 0.264 e. The molecule has 0 saturated carbocycles. The first kappa shape index (κ1) is 26.6. The van der Waals surface area contributed by atoms with Crippen molar-refractivity contribution in [3.63, 3.8) is 0 Å². The summed E-state index contributed by atoms with van der Waals surface area (Å²) in [5.41, 5.74) is 1.81. The molecule has 196 valence electrons. The molecule has 0 heterocycles. The number of hydrogen-bond acceptors (Lipinski definition) is 6. The van der Waals surface area contributed by atoms with E-state index in [2.05, 4.69) is 5.32 Å². The number of anilines is 2. The van der Waals surface area contributed by atoms with E-state index < -0.39 is 22.5 Å². The van der Waals surface area contributed by atoms with Crippen molar-refractivity contribution >= 4 is 27.3 Å². The van der Waals surface area contributed by atoms with Crippen molar-refractivity contribution < 1.29 is 27.4 Å². The Morgan fingerprint density at radius 1 is 0.789 bits per heavy atom. The summed E-state index contributed by atoms with van der Waals surface area (Å²) < 4.78 is 44.8. The quantitative estimate of drug-likeness (QED) is 0.284. The van der Waals surface area contributed by atoms with E-state index in [4.69, 9.17) is 14.2 Å². The molecule has 4 rings (SSSR count). The van der Waals surface area contributed by atoms with Crippen LogP contribution in [0.4, 0.5) is 11.4 Å². The molecule has 0 aliphatic heterocycles. The molecule has 0 saturated heterocycles. The second kappa shape index (κ2) is 11.7. The lowest BCUT2D eigenvalue weighted by Crippen LogP contribution is -2.38. The Balaban J connectivity index is 1.56. The van der Waals surface area contributed by atoms with Gasteiger partial charge >= 0.3 is 0 Å². The molecule has 1 N–H and O–H groups in total. The maximum absolute atomic E-state index is 13.7. The highest BCUT2D eigenvalue weighted by Gasteiger charge is 2.28. The number of nitrogens with one attached hydrogen (secondary N) is 1. The highest BCUT2D eigenvalue weighted by Crippen LogP contribution is 2.32. The maximum Gasteiger partial charge on any atom is 0.264 e. The molecule has 0 aromatic heterocycles. The van der Waals surface area contributed by atoms with Gasteiger partial charge in [0.2, 0.25) is 5.91 Å². The summed E-state index contributed by atoms with van der Waals surface area (Å²) in [5, 5.41) is 2.76. The van der Waals surface area contributed by atoms with Gasteiger partial charge in [-0.05, 0) is 67.6 Å². The van der Waals surface area contributed by atoms with E-state index in [1.54, 1.807) is 48.5 Å². The van der Waals surface area contributed by atoms with Crippen molar-refractivity contribution in [3.05, 3.63) is 103 Å². The van der Waals surface area contributed by atoms with Gasteiger partial charge < -0.3 is 19.5 Å². The monoisotopic (exact) mass is 532 g/mol. The first-order valence-corrected chi connectivity index (χ1v) is 13.2. The zero-order valence-electron chi connectivity index (χ0n) is 21.2. The number of rotatable bonds is 10. The number of benzene rings is 4. The minimum Gasteiger partial charge on any atom is -0.493 e. The number of sulfonamides is 1. The molecule has 0 bridgehead atoms. The lowest BCUT2D eigenvalue weighted by Gasteiger charge is -2.24. The zero-order valence-corrected chi connectivity index (χ0v) is 22.1. The third kappa shape index (κ3) is 6.24. The van der Waals surface area contributed by atoms with Crippen molar-refractivity contribution in [2.45, 2.75) is 11.8 Å². The van der Waals surface area contributed by atoms with Crippen LogP contribution in [0.15, 0.2) is 102 Å². The number of hydrogen-bond donors (Lipinski definition) is 1. The van der Waals surface area contributed by atoms with Gasteiger partial charge in [0.1, 0.15) is 18.0 Å². The fraction of sp³-hybridized carbons (Fsp3) is 0.138. The van der Waals surface area contributed by atoms with E-state index in [0.717, 1.165) is 9.87 Å². The molecule has 0 spiro atoms.